The smallest absolute Gasteiger partial charge is 0.330 e. The number of hydrogen-bond donors (Lipinski definition) is 11. The molecule has 11 N–H and O–H groups in total. The van der Waals surface area contributed by atoms with Gasteiger partial charge >= 0.3 is 12.4 Å². The van der Waals surface area contributed by atoms with Crippen LogP contribution in [-0.2, 0) is 39.8 Å². The molecule has 0 saturated carbocycles. The van der Waals surface area contributed by atoms with Gasteiger partial charge in [0.1, 0.15) is 67.1 Å². The Kier molecular flexibility index (Phi) is 11.2. The van der Waals surface area contributed by atoms with E-state index in [2.05, 4.69) is 0 Å². The fourth-order valence-corrected chi connectivity index (χ4v) is 5.66. The quantitative estimate of drug-likeness (QED) is 0.104. The first-order chi connectivity index (χ1) is 20.1. The number of aromatic nitrogens is 2. The van der Waals surface area contributed by atoms with E-state index in [0.717, 1.165) is 16.8 Å². The molecule has 0 aromatic carbocycles. The van der Waals surface area contributed by atoms with E-state index in [4.69, 9.17) is 39.8 Å². The third kappa shape index (κ3) is 7.74. The van der Waals surface area contributed by atoms with E-state index in [1.807, 2.05) is 4.98 Å². The predicted molar refractivity (Wildman–Crippen MR) is 137 cm³/mol. The van der Waals surface area contributed by atoms with Gasteiger partial charge in [0.05, 0.1) is 19.8 Å². The van der Waals surface area contributed by atoms with E-state index in [9.17, 15) is 60.4 Å². The van der Waals surface area contributed by atoms with Crippen LogP contribution in [0.15, 0.2) is 21.9 Å². The second-order valence-corrected chi connectivity index (χ2v) is 12.8. The second kappa shape index (κ2) is 14.0. The maximum absolute atomic E-state index is 12.0. The molecular formula is C21H33N2O18PS. The predicted octanol–water partition coefficient (Wildman–Crippen LogP) is -6.97. The highest BCUT2D eigenvalue weighted by Gasteiger charge is 2.48. The summed E-state index contributed by atoms with van der Waals surface area (Å²) in [5.74, 6) is 0. The number of H-pyrrole nitrogens is 1. The standard InChI is InChI=1S/C21H33N2O18PS/c24-9-1-2-23(21(34)22-9)18-15(30)12(27)7(39-18)4-37-42(35,43)38-5-8-11(26)14(29)17(32)20(41-8)36-3-6-10(25)13(28)16(31)19(33)40-6/h1-2,6-8,10-20,25-33H,3-5H2,(H,35,43)(H,22,24,34)/t6-,7-,8-,10-,11+,12-,13+,14+,15-,16-,17-,18-,19?,20+,42?/m1/s1. The van der Waals surface area contributed by atoms with Gasteiger partial charge in [-0.25, -0.2) is 4.79 Å². The average molecular weight is 665 g/mol. The highest BCUT2D eigenvalue weighted by atomic mass is 32.5. The summed E-state index contributed by atoms with van der Waals surface area (Å²) in [6.45, 7) is -6.16. The Morgan fingerprint density at radius 2 is 1.28 bits per heavy atom. The Hall–Kier alpha value is -1.31. The van der Waals surface area contributed by atoms with E-state index >= 15 is 0 Å². The first-order valence-electron chi connectivity index (χ1n) is 12.7. The van der Waals surface area contributed by atoms with Crippen molar-refractivity contribution in [2.75, 3.05) is 19.8 Å². The van der Waals surface area contributed by atoms with Gasteiger partial charge in [0.25, 0.3) is 5.56 Å². The van der Waals surface area contributed by atoms with Crippen molar-refractivity contribution in [3.05, 3.63) is 33.1 Å². The van der Waals surface area contributed by atoms with Gasteiger partial charge in [0, 0.05) is 12.3 Å². The number of aliphatic hydroxyl groups excluding tert-OH is 9. The Morgan fingerprint density at radius 1 is 0.744 bits per heavy atom. The molecule has 15 atom stereocenters. The van der Waals surface area contributed by atoms with Crippen molar-refractivity contribution < 1.29 is 78.8 Å². The number of aromatic amines is 1. The van der Waals surface area contributed by atoms with Gasteiger partial charge in [-0.1, -0.05) is 0 Å². The van der Waals surface area contributed by atoms with Crippen LogP contribution < -0.4 is 11.2 Å². The molecule has 22 heteroatoms. The fourth-order valence-electron chi connectivity index (χ4n) is 4.55. The van der Waals surface area contributed by atoms with E-state index < -0.39 is 124 Å². The Bertz CT molecular complexity index is 1250. The summed E-state index contributed by atoms with van der Waals surface area (Å²) in [5.41, 5.74) is -1.62. The normalized spacial score (nSPS) is 43.4. The van der Waals surface area contributed by atoms with E-state index in [1.54, 1.807) is 0 Å². The molecule has 1 aromatic heterocycles. The van der Waals surface area contributed by atoms with Crippen LogP contribution in [0.25, 0.3) is 0 Å². The van der Waals surface area contributed by atoms with E-state index in [1.165, 1.54) is 0 Å². The van der Waals surface area contributed by atoms with Gasteiger partial charge in [0.2, 0.25) is 0 Å². The third-order valence-electron chi connectivity index (χ3n) is 7.05. The summed E-state index contributed by atoms with van der Waals surface area (Å²) in [6, 6.07) is 0.996. The molecular weight excluding hydrogens is 631 g/mol. The van der Waals surface area contributed by atoms with Crippen molar-refractivity contribution in [2.45, 2.75) is 86.0 Å². The van der Waals surface area contributed by atoms with Crippen LogP contribution in [0.4, 0.5) is 0 Å². The maximum Gasteiger partial charge on any atom is 0.330 e. The summed E-state index contributed by atoms with van der Waals surface area (Å²) in [7, 11) is 0. The van der Waals surface area contributed by atoms with Crippen LogP contribution in [0, 0.1) is 0 Å². The monoisotopic (exact) mass is 664 g/mol. The van der Waals surface area contributed by atoms with Crippen LogP contribution in [-0.4, -0.2) is 160 Å². The highest BCUT2D eigenvalue weighted by Crippen LogP contribution is 2.45. The van der Waals surface area contributed by atoms with Crippen LogP contribution in [0.5, 0.6) is 0 Å². The van der Waals surface area contributed by atoms with Gasteiger partial charge < -0.3 is 78.8 Å². The number of ether oxygens (including phenoxy) is 4. The van der Waals surface area contributed by atoms with E-state index in [-0.39, 0.29) is 0 Å². The van der Waals surface area contributed by atoms with Crippen molar-refractivity contribution >= 4 is 18.5 Å². The fraction of sp³-hybridized carbons (Fsp3) is 0.810. The van der Waals surface area contributed by atoms with Crippen molar-refractivity contribution in [3.8, 4) is 0 Å². The summed E-state index contributed by atoms with van der Waals surface area (Å²) in [4.78, 5) is 35.7. The third-order valence-corrected chi connectivity index (χ3v) is 8.63. The minimum atomic E-state index is -4.18. The summed E-state index contributed by atoms with van der Waals surface area (Å²) < 4.78 is 32.3. The van der Waals surface area contributed by atoms with Crippen LogP contribution in [0.2, 0.25) is 0 Å². The molecule has 0 spiro atoms. The molecule has 3 aliphatic rings. The zero-order chi connectivity index (χ0) is 31.8. The Morgan fingerprint density at radius 3 is 1.88 bits per heavy atom. The molecule has 43 heavy (non-hydrogen) atoms. The number of nitrogens with zero attached hydrogens (tertiary/aromatic N) is 1. The SMILES string of the molecule is O=c1ccn([C@@H]2O[C@H](COP(O)(=S)OC[C@H]3O[C@H](OC[C@H]4OC(O)[C@H](O)[C@@H](O)[C@@H]4O)[C@H](O)[C@@H](O)[C@H]3O)[C@@H](O)[C@H]2O)c(=O)[nH]1. The molecule has 3 fully saturated rings. The van der Waals surface area contributed by atoms with Crippen molar-refractivity contribution in [3.63, 3.8) is 0 Å². The van der Waals surface area contributed by atoms with Crippen LogP contribution in [0.3, 0.4) is 0 Å². The first-order valence-corrected chi connectivity index (χ1v) is 15.3. The van der Waals surface area contributed by atoms with Crippen LogP contribution in [0.1, 0.15) is 6.23 Å². The lowest BCUT2D eigenvalue weighted by Crippen LogP contribution is -2.61. The molecule has 3 aliphatic heterocycles. The minimum Gasteiger partial charge on any atom is -0.387 e. The zero-order valence-electron chi connectivity index (χ0n) is 21.9. The summed E-state index contributed by atoms with van der Waals surface area (Å²) in [5, 5.41) is 90.5. The zero-order valence-corrected chi connectivity index (χ0v) is 23.6. The summed E-state index contributed by atoms with van der Waals surface area (Å²) in [6.07, 6.45) is -22.1. The summed E-state index contributed by atoms with van der Waals surface area (Å²) >= 11 is 4.91. The highest BCUT2D eigenvalue weighted by molar-refractivity contribution is 8.07. The lowest BCUT2D eigenvalue weighted by Gasteiger charge is -2.42. The van der Waals surface area contributed by atoms with Gasteiger partial charge in [-0.2, -0.15) is 0 Å². The van der Waals surface area contributed by atoms with Crippen LogP contribution >= 0.6 is 6.72 Å². The van der Waals surface area contributed by atoms with E-state index in [0.29, 0.717) is 0 Å². The molecule has 0 amide bonds. The van der Waals surface area contributed by atoms with Crippen molar-refractivity contribution in [1.29, 1.82) is 0 Å². The molecule has 3 saturated heterocycles. The molecule has 246 valence electrons. The molecule has 0 radical (unpaired) electrons. The van der Waals surface area contributed by atoms with Gasteiger partial charge in [-0.15, -0.1) is 0 Å². The first kappa shape index (κ1) is 34.6. The molecule has 4 heterocycles. The number of aliphatic hydroxyl groups is 9. The maximum atomic E-state index is 12.0. The van der Waals surface area contributed by atoms with Gasteiger partial charge in [0.15, 0.2) is 18.8 Å². The lowest BCUT2D eigenvalue weighted by atomic mass is 9.98. The lowest BCUT2D eigenvalue weighted by molar-refractivity contribution is -0.325. The minimum absolute atomic E-state index is 0.622. The number of nitrogens with one attached hydrogen (secondary N) is 1. The number of rotatable bonds is 10. The largest absolute Gasteiger partial charge is 0.387 e. The Labute approximate surface area is 246 Å². The molecule has 2 unspecified atom stereocenters. The molecule has 1 aromatic rings. The molecule has 0 aliphatic carbocycles. The average Bonchev–Trinajstić information content (AvgIpc) is 3.24. The van der Waals surface area contributed by atoms with Crippen molar-refractivity contribution in [2.24, 2.45) is 0 Å². The molecule has 0 bridgehead atoms. The van der Waals surface area contributed by atoms with Gasteiger partial charge in [-0.05, 0) is 11.8 Å². The second-order valence-electron chi connectivity index (χ2n) is 10.0. The van der Waals surface area contributed by atoms with Crippen molar-refractivity contribution in [1.82, 2.24) is 9.55 Å². The number of hydrogen-bond acceptors (Lipinski definition) is 18. The molecule has 4 rings (SSSR count). The van der Waals surface area contributed by atoms with Gasteiger partial charge in [-0.3, -0.25) is 14.3 Å². The Balaban J connectivity index is 1.30. The topological polar surface area (TPSA) is 313 Å². The molecule has 20 nitrogen and oxygen atoms in total.